The van der Waals surface area contributed by atoms with Gasteiger partial charge in [0.25, 0.3) is 0 Å². The number of nitrogen functional groups attached to an aromatic ring is 1. The Hall–Kier alpha value is -1.46. The molecule has 0 aliphatic rings. The van der Waals surface area contributed by atoms with Crippen LogP contribution in [0, 0.1) is 17.1 Å². The van der Waals surface area contributed by atoms with Crippen molar-refractivity contribution in [3.63, 3.8) is 0 Å². The Morgan fingerprint density at radius 3 is 2.58 bits per heavy atom. The highest BCUT2D eigenvalue weighted by Crippen LogP contribution is 2.11. The van der Waals surface area contributed by atoms with Gasteiger partial charge in [0.1, 0.15) is 11.7 Å². The lowest BCUT2D eigenvalue weighted by atomic mass is 10.1. The molecule has 5 heteroatoms. The molecule has 106 valence electrons. The normalized spacial score (nSPS) is 10.9. The van der Waals surface area contributed by atoms with Gasteiger partial charge in [-0.3, -0.25) is 5.41 Å². The highest BCUT2D eigenvalue weighted by atomic mass is 19.1. The van der Waals surface area contributed by atoms with Gasteiger partial charge in [-0.2, -0.15) is 0 Å². The van der Waals surface area contributed by atoms with E-state index >= 15 is 0 Å². The van der Waals surface area contributed by atoms with Crippen LogP contribution in [0.5, 0.6) is 0 Å². The van der Waals surface area contributed by atoms with E-state index in [0.29, 0.717) is 36.9 Å². The molecule has 1 aromatic carbocycles. The molecule has 0 fully saturated rings. The van der Waals surface area contributed by atoms with Crippen LogP contribution in [0.3, 0.4) is 0 Å². The van der Waals surface area contributed by atoms with Crippen LogP contribution in [0.2, 0.25) is 0 Å². The van der Waals surface area contributed by atoms with Crippen LogP contribution in [0.4, 0.5) is 4.39 Å². The van der Waals surface area contributed by atoms with Crippen molar-refractivity contribution in [1.82, 2.24) is 0 Å². The Balaban J connectivity index is 2.32. The van der Waals surface area contributed by atoms with Crippen molar-refractivity contribution in [2.75, 3.05) is 19.8 Å². The fourth-order valence-corrected chi connectivity index (χ4v) is 1.45. The van der Waals surface area contributed by atoms with E-state index in [-0.39, 0.29) is 12.4 Å². The summed E-state index contributed by atoms with van der Waals surface area (Å²) >= 11 is 0. The van der Waals surface area contributed by atoms with Crippen molar-refractivity contribution >= 4 is 5.84 Å². The second kappa shape index (κ2) is 7.86. The van der Waals surface area contributed by atoms with Gasteiger partial charge in [0.05, 0.1) is 19.8 Å². The molecule has 1 rings (SSSR count). The average Bonchev–Trinajstić information content (AvgIpc) is 2.34. The fraction of sp³-hybridized carbons (Fsp3) is 0.500. The maximum atomic E-state index is 13.6. The molecule has 19 heavy (non-hydrogen) atoms. The third-order valence-electron chi connectivity index (χ3n) is 2.44. The molecule has 0 saturated carbocycles. The van der Waals surface area contributed by atoms with E-state index in [0.717, 1.165) is 0 Å². The third kappa shape index (κ3) is 5.81. The molecule has 0 spiro atoms. The molecular formula is C14H21FN2O2. The molecular weight excluding hydrogens is 247 g/mol. The van der Waals surface area contributed by atoms with Gasteiger partial charge in [0.2, 0.25) is 0 Å². The van der Waals surface area contributed by atoms with Gasteiger partial charge in [0, 0.05) is 17.7 Å². The quantitative estimate of drug-likeness (QED) is 0.432. The second-order valence-electron chi connectivity index (χ2n) is 4.74. The molecule has 0 radical (unpaired) electrons. The summed E-state index contributed by atoms with van der Waals surface area (Å²) in [6, 6.07) is 4.44. The molecule has 0 aromatic heterocycles. The fourth-order valence-electron chi connectivity index (χ4n) is 1.45. The number of benzene rings is 1. The van der Waals surface area contributed by atoms with E-state index in [2.05, 4.69) is 13.8 Å². The lowest BCUT2D eigenvalue weighted by Gasteiger charge is -2.08. The largest absolute Gasteiger partial charge is 0.384 e. The first-order valence-electron chi connectivity index (χ1n) is 6.29. The number of rotatable bonds is 8. The number of amidine groups is 1. The van der Waals surface area contributed by atoms with E-state index in [1.54, 1.807) is 12.1 Å². The maximum absolute atomic E-state index is 13.6. The van der Waals surface area contributed by atoms with Crippen molar-refractivity contribution in [2.24, 2.45) is 11.7 Å². The number of nitrogens with one attached hydrogen (secondary N) is 1. The second-order valence-corrected chi connectivity index (χ2v) is 4.74. The van der Waals surface area contributed by atoms with E-state index < -0.39 is 5.82 Å². The smallest absolute Gasteiger partial charge is 0.129 e. The Morgan fingerprint density at radius 1 is 1.32 bits per heavy atom. The SMILES string of the molecule is CC(C)COCCOCc1ccc(C(=N)N)cc1F. The zero-order valence-electron chi connectivity index (χ0n) is 11.4. The summed E-state index contributed by atoms with van der Waals surface area (Å²) < 4.78 is 24.3. The van der Waals surface area contributed by atoms with Gasteiger partial charge in [-0.25, -0.2) is 4.39 Å². The van der Waals surface area contributed by atoms with Crippen LogP contribution in [-0.2, 0) is 16.1 Å². The van der Waals surface area contributed by atoms with Gasteiger partial charge >= 0.3 is 0 Å². The highest BCUT2D eigenvalue weighted by Gasteiger charge is 2.05. The van der Waals surface area contributed by atoms with Crippen LogP contribution < -0.4 is 5.73 Å². The zero-order chi connectivity index (χ0) is 14.3. The molecule has 1 aromatic rings. The van der Waals surface area contributed by atoms with Crippen LogP contribution in [0.15, 0.2) is 18.2 Å². The lowest BCUT2D eigenvalue weighted by Crippen LogP contribution is -2.12. The van der Waals surface area contributed by atoms with E-state index in [1.807, 2.05) is 0 Å². The minimum Gasteiger partial charge on any atom is -0.384 e. The molecule has 0 bridgehead atoms. The predicted molar refractivity (Wildman–Crippen MR) is 72.7 cm³/mol. The zero-order valence-corrected chi connectivity index (χ0v) is 11.4. The van der Waals surface area contributed by atoms with Crippen LogP contribution in [-0.4, -0.2) is 25.7 Å². The Morgan fingerprint density at radius 2 is 2.00 bits per heavy atom. The summed E-state index contributed by atoms with van der Waals surface area (Å²) in [5.41, 5.74) is 6.11. The summed E-state index contributed by atoms with van der Waals surface area (Å²) in [5.74, 6) is -0.0548. The standard InChI is InChI=1S/C14H21FN2O2/c1-10(2)8-18-5-6-19-9-12-4-3-11(14(16)17)7-13(12)15/h3-4,7,10H,5-6,8-9H2,1-2H3,(H3,16,17). The third-order valence-corrected chi connectivity index (χ3v) is 2.44. The monoisotopic (exact) mass is 268 g/mol. The summed E-state index contributed by atoms with van der Waals surface area (Å²) in [6.07, 6.45) is 0. The Bertz CT molecular complexity index is 422. The predicted octanol–water partition coefficient (Wildman–Crippen LogP) is 2.30. The van der Waals surface area contributed by atoms with Gasteiger partial charge in [-0.1, -0.05) is 26.0 Å². The minimum atomic E-state index is -0.407. The van der Waals surface area contributed by atoms with Crippen molar-refractivity contribution in [3.05, 3.63) is 35.1 Å². The number of halogens is 1. The molecule has 3 N–H and O–H groups in total. The first kappa shape index (κ1) is 15.6. The van der Waals surface area contributed by atoms with Crippen LogP contribution >= 0.6 is 0 Å². The molecule has 0 atom stereocenters. The van der Waals surface area contributed by atoms with Crippen molar-refractivity contribution in [1.29, 1.82) is 5.41 Å². The molecule has 0 saturated heterocycles. The highest BCUT2D eigenvalue weighted by molar-refractivity contribution is 5.94. The van der Waals surface area contributed by atoms with Gasteiger partial charge < -0.3 is 15.2 Å². The van der Waals surface area contributed by atoms with Gasteiger partial charge in [0.15, 0.2) is 0 Å². The summed E-state index contributed by atoms with van der Waals surface area (Å²) in [7, 11) is 0. The van der Waals surface area contributed by atoms with E-state index in [9.17, 15) is 4.39 Å². The summed E-state index contributed by atoms with van der Waals surface area (Å²) in [6.45, 7) is 5.98. The molecule has 0 heterocycles. The molecule has 0 aliphatic heterocycles. The van der Waals surface area contributed by atoms with E-state index in [1.165, 1.54) is 6.07 Å². The molecule has 0 aliphatic carbocycles. The Kier molecular flexibility index (Phi) is 6.45. The van der Waals surface area contributed by atoms with Crippen LogP contribution in [0.25, 0.3) is 0 Å². The van der Waals surface area contributed by atoms with Crippen molar-refractivity contribution in [2.45, 2.75) is 20.5 Å². The van der Waals surface area contributed by atoms with Crippen molar-refractivity contribution < 1.29 is 13.9 Å². The number of hydrogen-bond donors (Lipinski definition) is 2. The number of nitrogens with two attached hydrogens (primary N) is 1. The molecule has 0 amide bonds. The minimum absolute atomic E-state index is 0.145. The topological polar surface area (TPSA) is 68.3 Å². The summed E-state index contributed by atoms with van der Waals surface area (Å²) in [4.78, 5) is 0. The van der Waals surface area contributed by atoms with Crippen molar-refractivity contribution in [3.8, 4) is 0 Å². The first-order chi connectivity index (χ1) is 9.00. The Labute approximate surface area is 113 Å². The summed E-state index contributed by atoms with van der Waals surface area (Å²) in [5, 5.41) is 7.21. The maximum Gasteiger partial charge on any atom is 0.129 e. The van der Waals surface area contributed by atoms with Crippen LogP contribution in [0.1, 0.15) is 25.0 Å². The van der Waals surface area contributed by atoms with Gasteiger partial charge in [-0.05, 0) is 12.0 Å². The lowest BCUT2D eigenvalue weighted by molar-refractivity contribution is 0.0307. The van der Waals surface area contributed by atoms with Gasteiger partial charge in [-0.15, -0.1) is 0 Å². The first-order valence-corrected chi connectivity index (χ1v) is 6.29. The molecule has 0 unspecified atom stereocenters. The number of ether oxygens (including phenoxy) is 2. The van der Waals surface area contributed by atoms with E-state index in [4.69, 9.17) is 20.6 Å². The average molecular weight is 268 g/mol. The molecule has 4 nitrogen and oxygen atoms in total. The number of hydrogen-bond acceptors (Lipinski definition) is 3.